The fourth-order valence-electron chi connectivity index (χ4n) is 2.32. The van der Waals surface area contributed by atoms with E-state index in [0.717, 1.165) is 43.2 Å². The van der Waals surface area contributed by atoms with Crippen LogP contribution in [0.5, 0.6) is 0 Å². The van der Waals surface area contributed by atoms with Gasteiger partial charge in [0.2, 0.25) is 5.89 Å². The van der Waals surface area contributed by atoms with E-state index in [9.17, 15) is 0 Å². The molecule has 0 fully saturated rings. The molecule has 2 aromatic carbocycles. The predicted octanol–water partition coefficient (Wildman–Crippen LogP) is 6.13. The number of nitrogens with zero attached hydrogens (tertiary/aromatic N) is 1. The summed E-state index contributed by atoms with van der Waals surface area (Å²) in [6, 6.07) is 5.76. The summed E-state index contributed by atoms with van der Waals surface area (Å²) >= 11 is 13.2. The third-order valence-electron chi connectivity index (χ3n) is 3.62. The minimum Gasteiger partial charge on any atom is -0.436 e. The maximum Gasteiger partial charge on any atom is 0.227 e. The topological polar surface area (TPSA) is 52.0 Å². The highest BCUT2D eigenvalue weighted by molar-refractivity contribution is 9.11. The van der Waals surface area contributed by atoms with E-state index in [0.29, 0.717) is 16.6 Å². The summed E-state index contributed by atoms with van der Waals surface area (Å²) in [5, 5.41) is 0.690. The molecule has 0 saturated heterocycles. The van der Waals surface area contributed by atoms with Gasteiger partial charge in [-0.15, -0.1) is 0 Å². The summed E-state index contributed by atoms with van der Waals surface area (Å²) in [5.74, 6) is 0.532. The van der Waals surface area contributed by atoms with Crippen LogP contribution >= 0.6 is 43.5 Å². The second-order valence-corrected chi connectivity index (χ2v) is 7.03. The molecule has 0 amide bonds. The largest absolute Gasteiger partial charge is 0.436 e. The molecule has 3 rings (SSSR count). The van der Waals surface area contributed by atoms with Crippen LogP contribution in [-0.2, 0) is 6.42 Å². The van der Waals surface area contributed by atoms with Gasteiger partial charge >= 0.3 is 0 Å². The second-order valence-electron chi connectivity index (χ2n) is 5.03. The summed E-state index contributed by atoms with van der Waals surface area (Å²) in [6.45, 7) is 4.01. The van der Waals surface area contributed by atoms with Gasteiger partial charge in [0.1, 0.15) is 5.52 Å². The molecular weight excluding hydrogens is 431 g/mol. The van der Waals surface area contributed by atoms with Crippen LogP contribution in [0.25, 0.3) is 22.6 Å². The first kappa shape index (κ1) is 15.8. The van der Waals surface area contributed by atoms with Gasteiger partial charge in [-0.05, 0) is 62.9 Å². The molecule has 6 heteroatoms. The Balaban J connectivity index is 2.29. The summed E-state index contributed by atoms with van der Waals surface area (Å²) in [4.78, 5) is 4.59. The Morgan fingerprint density at radius 2 is 2.00 bits per heavy atom. The van der Waals surface area contributed by atoms with E-state index in [-0.39, 0.29) is 0 Å². The number of nitrogen functional groups attached to an aromatic ring is 1. The highest BCUT2D eigenvalue weighted by atomic mass is 79.9. The molecule has 0 spiro atoms. The van der Waals surface area contributed by atoms with Gasteiger partial charge in [0.25, 0.3) is 0 Å². The third-order valence-corrected chi connectivity index (χ3v) is 5.74. The van der Waals surface area contributed by atoms with Gasteiger partial charge in [0.05, 0.1) is 10.2 Å². The lowest BCUT2D eigenvalue weighted by Crippen LogP contribution is -1.94. The number of hydrogen-bond donors (Lipinski definition) is 1. The first-order valence-electron chi connectivity index (χ1n) is 6.76. The summed E-state index contributed by atoms with van der Waals surface area (Å²) in [7, 11) is 0. The van der Waals surface area contributed by atoms with Crippen LogP contribution < -0.4 is 5.73 Å². The van der Waals surface area contributed by atoms with Crippen molar-refractivity contribution in [1.82, 2.24) is 4.98 Å². The van der Waals surface area contributed by atoms with Crippen molar-refractivity contribution in [3.63, 3.8) is 0 Å². The van der Waals surface area contributed by atoms with E-state index >= 15 is 0 Å². The Labute approximate surface area is 150 Å². The molecule has 0 atom stereocenters. The zero-order valence-electron chi connectivity index (χ0n) is 12.0. The average molecular weight is 445 g/mol. The van der Waals surface area contributed by atoms with Gasteiger partial charge in [-0.1, -0.05) is 24.6 Å². The smallest absolute Gasteiger partial charge is 0.227 e. The summed E-state index contributed by atoms with van der Waals surface area (Å²) < 4.78 is 7.58. The van der Waals surface area contributed by atoms with Crippen LogP contribution in [-0.4, -0.2) is 4.98 Å². The molecular formula is C16H13Br2ClN2O. The number of fused-ring (bicyclic) bond motifs is 1. The predicted molar refractivity (Wildman–Crippen MR) is 98.4 cm³/mol. The van der Waals surface area contributed by atoms with Crippen molar-refractivity contribution in [3.05, 3.63) is 43.3 Å². The number of rotatable bonds is 2. The van der Waals surface area contributed by atoms with Crippen molar-refractivity contribution in [2.45, 2.75) is 20.3 Å². The highest BCUT2D eigenvalue weighted by Crippen LogP contribution is 2.41. The zero-order valence-corrected chi connectivity index (χ0v) is 15.9. The van der Waals surface area contributed by atoms with Gasteiger partial charge in [0.15, 0.2) is 5.58 Å². The first-order chi connectivity index (χ1) is 10.4. The molecule has 1 aromatic heterocycles. The lowest BCUT2D eigenvalue weighted by Gasteiger charge is -2.07. The van der Waals surface area contributed by atoms with Crippen LogP contribution in [0.15, 0.2) is 31.6 Å². The Morgan fingerprint density at radius 1 is 1.27 bits per heavy atom. The molecule has 0 bridgehead atoms. The number of anilines is 1. The molecule has 0 saturated carbocycles. The summed E-state index contributed by atoms with van der Waals surface area (Å²) in [6.07, 6.45) is 0.790. The van der Waals surface area contributed by atoms with Gasteiger partial charge in [0, 0.05) is 20.6 Å². The van der Waals surface area contributed by atoms with Crippen LogP contribution in [0, 0.1) is 6.92 Å². The molecule has 0 aliphatic carbocycles. The maximum atomic E-state index is 6.20. The SMILES string of the molecule is CCc1c(Br)c(N)c(Br)c2nc(-c3ccc(C)c(Cl)c3)oc12. The number of hydrogen-bond acceptors (Lipinski definition) is 3. The van der Waals surface area contributed by atoms with E-state index in [1.807, 2.05) is 25.1 Å². The molecule has 114 valence electrons. The Kier molecular flexibility index (Phi) is 4.23. The third kappa shape index (κ3) is 2.45. The van der Waals surface area contributed by atoms with Crippen LogP contribution in [0.2, 0.25) is 5.02 Å². The number of oxazole rings is 1. The van der Waals surface area contributed by atoms with Crippen molar-refractivity contribution in [2.75, 3.05) is 5.73 Å². The minimum absolute atomic E-state index is 0.532. The van der Waals surface area contributed by atoms with E-state index in [2.05, 4.69) is 43.8 Å². The fourth-order valence-corrected chi connectivity index (χ4v) is 3.90. The molecule has 0 aliphatic rings. The van der Waals surface area contributed by atoms with Gasteiger partial charge in [-0.25, -0.2) is 4.98 Å². The average Bonchev–Trinajstić information content (AvgIpc) is 2.93. The molecule has 3 aromatic rings. The number of halogens is 3. The highest BCUT2D eigenvalue weighted by Gasteiger charge is 2.20. The van der Waals surface area contributed by atoms with Gasteiger partial charge in [-0.3, -0.25) is 0 Å². The van der Waals surface area contributed by atoms with Crippen LogP contribution in [0.1, 0.15) is 18.1 Å². The van der Waals surface area contributed by atoms with E-state index < -0.39 is 0 Å². The summed E-state index contributed by atoms with van der Waals surface area (Å²) in [5.41, 5.74) is 11.1. The normalized spacial score (nSPS) is 11.3. The fraction of sp³-hybridized carbons (Fsp3) is 0.188. The van der Waals surface area contributed by atoms with Gasteiger partial charge < -0.3 is 10.2 Å². The molecule has 0 radical (unpaired) electrons. The Hall–Kier alpha value is -1.04. The van der Waals surface area contributed by atoms with E-state index in [4.69, 9.17) is 21.8 Å². The van der Waals surface area contributed by atoms with Crippen molar-refractivity contribution in [3.8, 4) is 11.5 Å². The number of nitrogens with two attached hydrogens (primary N) is 1. The molecule has 3 nitrogen and oxygen atoms in total. The Bertz CT molecular complexity index is 890. The Morgan fingerprint density at radius 3 is 2.64 bits per heavy atom. The molecule has 1 heterocycles. The quantitative estimate of drug-likeness (QED) is 0.484. The number of aryl methyl sites for hydroxylation is 2. The lowest BCUT2D eigenvalue weighted by molar-refractivity contribution is 0.615. The molecule has 0 unspecified atom stereocenters. The number of benzene rings is 2. The first-order valence-corrected chi connectivity index (χ1v) is 8.72. The van der Waals surface area contributed by atoms with E-state index in [1.165, 1.54) is 0 Å². The van der Waals surface area contributed by atoms with Crippen LogP contribution in [0.3, 0.4) is 0 Å². The standard InChI is InChI=1S/C16H13Br2ClN2O/c1-3-9-11(17)13(20)12(18)14-15(9)22-16(21-14)8-5-4-7(2)10(19)6-8/h4-6H,3,20H2,1-2H3. The molecule has 2 N–H and O–H groups in total. The zero-order chi connectivity index (χ0) is 16.0. The lowest BCUT2D eigenvalue weighted by atomic mass is 10.1. The number of aromatic nitrogens is 1. The van der Waals surface area contributed by atoms with Gasteiger partial charge in [-0.2, -0.15) is 0 Å². The van der Waals surface area contributed by atoms with Crippen molar-refractivity contribution in [1.29, 1.82) is 0 Å². The maximum absolute atomic E-state index is 6.20. The van der Waals surface area contributed by atoms with Crippen molar-refractivity contribution < 1.29 is 4.42 Å². The second kappa shape index (κ2) is 5.87. The minimum atomic E-state index is 0.532. The monoisotopic (exact) mass is 442 g/mol. The van der Waals surface area contributed by atoms with Crippen molar-refractivity contribution >= 4 is 60.2 Å². The van der Waals surface area contributed by atoms with Crippen LogP contribution in [0.4, 0.5) is 5.69 Å². The molecule has 22 heavy (non-hydrogen) atoms. The van der Waals surface area contributed by atoms with E-state index in [1.54, 1.807) is 0 Å². The van der Waals surface area contributed by atoms with Crippen molar-refractivity contribution in [2.24, 2.45) is 0 Å². The molecule has 0 aliphatic heterocycles.